The van der Waals surface area contributed by atoms with E-state index in [0.29, 0.717) is 6.26 Å². The number of halogens is 3. The molecule has 1 heterocycles. The van der Waals surface area contributed by atoms with Gasteiger partial charge >= 0.3 is 12.1 Å². The van der Waals surface area contributed by atoms with Crippen LogP contribution in [0.5, 0.6) is 0 Å². The van der Waals surface area contributed by atoms with Crippen molar-refractivity contribution in [3.05, 3.63) is 47.2 Å². The van der Waals surface area contributed by atoms with Crippen molar-refractivity contribution >= 4 is 5.97 Å². The molecule has 0 fully saturated rings. The quantitative estimate of drug-likeness (QED) is 0.794. The van der Waals surface area contributed by atoms with Crippen molar-refractivity contribution in [2.24, 2.45) is 0 Å². The molecule has 0 aliphatic carbocycles. The van der Waals surface area contributed by atoms with Crippen molar-refractivity contribution in [1.29, 1.82) is 5.26 Å². The predicted molar refractivity (Wildman–Crippen MR) is 65.2 cm³/mol. The number of carbonyl (C=O) groups excluding carboxylic acids is 1. The number of nitrogens with zero attached hydrogens (tertiary/aromatic N) is 1. The summed E-state index contributed by atoms with van der Waals surface area (Å²) < 4.78 is 47.5. The van der Waals surface area contributed by atoms with Crippen LogP contribution in [0.2, 0.25) is 0 Å². The van der Waals surface area contributed by atoms with Crippen LogP contribution in [0.4, 0.5) is 13.2 Å². The molecule has 0 spiro atoms. The molecule has 0 radical (unpaired) electrons. The van der Waals surface area contributed by atoms with Gasteiger partial charge in [0.15, 0.2) is 5.76 Å². The fourth-order valence-corrected chi connectivity index (χ4v) is 1.77. The smallest absolute Gasteiger partial charge is 0.420 e. The van der Waals surface area contributed by atoms with Gasteiger partial charge in [-0.1, -0.05) is 12.1 Å². The largest absolute Gasteiger partial charge is 0.465 e. The number of nitriles is 1. The molecule has 7 heteroatoms. The van der Waals surface area contributed by atoms with E-state index >= 15 is 0 Å². The molecule has 0 amide bonds. The molecule has 0 aliphatic heterocycles. The molecule has 0 unspecified atom stereocenters. The Kier molecular flexibility index (Phi) is 3.72. The van der Waals surface area contributed by atoms with Crippen LogP contribution in [-0.2, 0) is 10.9 Å². The molecule has 0 saturated carbocycles. The molecular weight excluding hydrogens is 287 g/mol. The maximum atomic E-state index is 12.7. The predicted octanol–water partition coefficient (Wildman–Crippen LogP) is 3.62. The molecule has 0 atom stereocenters. The maximum Gasteiger partial charge on any atom is 0.420 e. The zero-order chi connectivity index (χ0) is 15.6. The van der Waals surface area contributed by atoms with Crippen LogP contribution in [0, 0.1) is 11.3 Å². The van der Waals surface area contributed by atoms with Crippen molar-refractivity contribution in [2.45, 2.75) is 6.18 Å². The number of methoxy groups -OCH3 is 1. The summed E-state index contributed by atoms with van der Waals surface area (Å²) in [5.41, 5.74) is -1.22. The summed E-state index contributed by atoms with van der Waals surface area (Å²) in [6, 6.07) is 7.00. The number of ether oxygens (including phenoxy) is 1. The number of alkyl halides is 3. The highest BCUT2D eigenvalue weighted by Gasteiger charge is 2.37. The van der Waals surface area contributed by atoms with Crippen LogP contribution in [-0.4, -0.2) is 13.1 Å². The van der Waals surface area contributed by atoms with Gasteiger partial charge in [0.1, 0.15) is 23.5 Å². The molecule has 21 heavy (non-hydrogen) atoms. The number of rotatable bonds is 2. The fraction of sp³-hybridized carbons (Fsp3) is 0.143. The Morgan fingerprint density at radius 2 is 1.90 bits per heavy atom. The number of benzene rings is 1. The first-order valence-electron chi connectivity index (χ1n) is 5.66. The summed E-state index contributed by atoms with van der Waals surface area (Å²) in [5.74, 6) is -0.765. The second-order valence-electron chi connectivity index (χ2n) is 4.03. The Labute approximate surface area is 117 Å². The third kappa shape index (κ3) is 2.74. The molecule has 108 valence electrons. The monoisotopic (exact) mass is 295 g/mol. The highest BCUT2D eigenvalue weighted by atomic mass is 19.4. The number of hydrogen-bond acceptors (Lipinski definition) is 4. The second kappa shape index (κ2) is 5.32. The topological polar surface area (TPSA) is 63.2 Å². The summed E-state index contributed by atoms with van der Waals surface area (Å²) in [5, 5.41) is 8.91. The molecule has 0 bridgehead atoms. The molecular formula is C14H8F3NO3. The van der Waals surface area contributed by atoms with E-state index in [0.717, 1.165) is 0 Å². The van der Waals surface area contributed by atoms with Crippen LogP contribution in [0.3, 0.4) is 0 Å². The lowest BCUT2D eigenvalue weighted by Gasteiger charge is -2.03. The van der Waals surface area contributed by atoms with E-state index in [1.165, 1.54) is 37.4 Å². The Morgan fingerprint density at radius 1 is 1.29 bits per heavy atom. The zero-order valence-corrected chi connectivity index (χ0v) is 10.7. The average Bonchev–Trinajstić information content (AvgIpc) is 2.90. The standard InChI is InChI=1S/C14H8F3NO3/c1-20-13(19)9-4-2-8(3-5-9)12-10(6-18)11(7-21-12)14(15,16)17/h2-5,7H,1H3. The van der Waals surface area contributed by atoms with Crippen molar-refractivity contribution < 1.29 is 27.1 Å². The van der Waals surface area contributed by atoms with E-state index in [1.54, 1.807) is 0 Å². The Bertz CT molecular complexity index is 709. The number of carbonyl (C=O) groups is 1. The van der Waals surface area contributed by atoms with Crippen LogP contribution in [0.25, 0.3) is 11.3 Å². The van der Waals surface area contributed by atoms with Crippen LogP contribution in [0.1, 0.15) is 21.5 Å². The Balaban J connectivity index is 2.46. The number of hydrogen-bond donors (Lipinski definition) is 0. The Morgan fingerprint density at radius 3 is 2.38 bits per heavy atom. The molecule has 0 N–H and O–H groups in total. The first-order chi connectivity index (χ1) is 9.88. The van der Waals surface area contributed by atoms with Crippen LogP contribution in [0.15, 0.2) is 34.9 Å². The molecule has 4 nitrogen and oxygen atoms in total. The highest BCUT2D eigenvalue weighted by Crippen LogP contribution is 2.37. The minimum atomic E-state index is -4.67. The van der Waals surface area contributed by atoms with Crippen molar-refractivity contribution in [1.82, 2.24) is 0 Å². The lowest BCUT2D eigenvalue weighted by Crippen LogP contribution is -2.05. The lowest BCUT2D eigenvalue weighted by atomic mass is 10.0. The summed E-state index contributed by atoms with van der Waals surface area (Å²) >= 11 is 0. The maximum absolute atomic E-state index is 12.7. The van der Waals surface area contributed by atoms with Gasteiger partial charge in [-0.15, -0.1) is 0 Å². The first-order valence-corrected chi connectivity index (χ1v) is 5.66. The van der Waals surface area contributed by atoms with Gasteiger partial charge in [-0.05, 0) is 12.1 Å². The van der Waals surface area contributed by atoms with E-state index in [2.05, 4.69) is 4.74 Å². The second-order valence-corrected chi connectivity index (χ2v) is 4.03. The average molecular weight is 295 g/mol. The van der Waals surface area contributed by atoms with Crippen LogP contribution >= 0.6 is 0 Å². The summed E-state index contributed by atoms with van der Waals surface area (Å²) in [7, 11) is 1.21. The van der Waals surface area contributed by atoms with Crippen LogP contribution < -0.4 is 0 Å². The van der Waals surface area contributed by atoms with Gasteiger partial charge in [-0.25, -0.2) is 4.79 Å². The van der Waals surface area contributed by atoms with Gasteiger partial charge in [0, 0.05) is 5.56 Å². The molecule has 2 aromatic rings. The molecule has 0 saturated heterocycles. The van der Waals surface area contributed by atoms with Gasteiger partial charge < -0.3 is 9.15 Å². The molecule has 1 aromatic heterocycles. The first kappa shape index (κ1) is 14.7. The van der Waals surface area contributed by atoms with E-state index < -0.39 is 23.3 Å². The van der Waals surface area contributed by atoms with Gasteiger partial charge in [-0.2, -0.15) is 18.4 Å². The Hall–Kier alpha value is -2.75. The normalized spacial score (nSPS) is 11.0. The fourth-order valence-electron chi connectivity index (χ4n) is 1.77. The van der Waals surface area contributed by atoms with Crippen molar-refractivity contribution in [3.8, 4) is 17.4 Å². The van der Waals surface area contributed by atoms with E-state index in [9.17, 15) is 18.0 Å². The van der Waals surface area contributed by atoms with E-state index in [4.69, 9.17) is 9.68 Å². The van der Waals surface area contributed by atoms with Gasteiger partial charge in [-0.3, -0.25) is 0 Å². The van der Waals surface area contributed by atoms with E-state index in [-0.39, 0.29) is 16.9 Å². The number of furan rings is 1. The highest BCUT2D eigenvalue weighted by molar-refractivity contribution is 5.90. The minimum absolute atomic E-state index is 0.193. The van der Waals surface area contributed by atoms with Gasteiger partial charge in [0.25, 0.3) is 0 Å². The SMILES string of the molecule is COC(=O)c1ccc(-c2occ(C(F)(F)F)c2C#N)cc1. The molecule has 2 rings (SSSR count). The van der Waals surface area contributed by atoms with Crippen molar-refractivity contribution in [3.63, 3.8) is 0 Å². The van der Waals surface area contributed by atoms with Gasteiger partial charge in [0.05, 0.1) is 12.7 Å². The van der Waals surface area contributed by atoms with Crippen molar-refractivity contribution in [2.75, 3.05) is 7.11 Å². The molecule has 1 aromatic carbocycles. The third-order valence-corrected chi connectivity index (χ3v) is 2.78. The summed E-state index contributed by atoms with van der Waals surface area (Å²) in [4.78, 5) is 11.3. The lowest BCUT2D eigenvalue weighted by molar-refractivity contribution is -0.138. The summed E-state index contributed by atoms with van der Waals surface area (Å²) in [6.45, 7) is 0. The number of esters is 1. The van der Waals surface area contributed by atoms with E-state index in [1.807, 2.05) is 0 Å². The summed E-state index contributed by atoms with van der Waals surface area (Å²) in [6.07, 6.45) is -4.17. The molecule has 0 aliphatic rings. The third-order valence-electron chi connectivity index (χ3n) is 2.78. The minimum Gasteiger partial charge on any atom is -0.465 e. The van der Waals surface area contributed by atoms with Gasteiger partial charge in [0.2, 0.25) is 0 Å². The zero-order valence-electron chi connectivity index (χ0n) is 10.7.